The molecule has 1 aromatic rings. The average molecular weight is 213 g/mol. The lowest BCUT2D eigenvalue weighted by Gasteiger charge is -2.13. The molecule has 0 aromatic heterocycles. The zero-order chi connectivity index (χ0) is 10.6. The monoisotopic (exact) mass is 212 g/mol. The first kappa shape index (κ1) is 11.1. The van der Waals surface area contributed by atoms with E-state index in [2.05, 4.69) is 6.58 Å². The smallest absolute Gasteiger partial charge is 0.144 e. The van der Waals surface area contributed by atoms with Gasteiger partial charge in [0.1, 0.15) is 12.4 Å². The normalized spacial score (nSPS) is 12.2. The fraction of sp³-hybridized carbons (Fsp3) is 0.273. The summed E-state index contributed by atoms with van der Waals surface area (Å²) in [6.45, 7) is 5.60. The van der Waals surface area contributed by atoms with Gasteiger partial charge in [0, 0.05) is 5.56 Å². The molecular formula is C11H13ClO2. The highest BCUT2D eigenvalue weighted by Gasteiger charge is 2.11. The van der Waals surface area contributed by atoms with Crippen LogP contribution in [0.4, 0.5) is 0 Å². The summed E-state index contributed by atoms with van der Waals surface area (Å²) in [6, 6.07) is 5.30. The van der Waals surface area contributed by atoms with Gasteiger partial charge in [-0.05, 0) is 13.0 Å². The van der Waals surface area contributed by atoms with Gasteiger partial charge in [-0.15, -0.1) is 0 Å². The predicted molar refractivity (Wildman–Crippen MR) is 57.8 cm³/mol. The van der Waals surface area contributed by atoms with Gasteiger partial charge in [0.25, 0.3) is 0 Å². The molecule has 1 atom stereocenters. The van der Waals surface area contributed by atoms with Crippen LogP contribution in [0.1, 0.15) is 18.6 Å². The van der Waals surface area contributed by atoms with Crippen molar-refractivity contribution in [2.45, 2.75) is 13.0 Å². The lowest BCUT2D eigenvalue weighted by atomic mass is 10.1. The van der Waals surface area contributed by atoms with E-state index in [4.69, 9.17) is 16.3 Å². The van der Waals surface area contributed by atoms with Crippen molar-refractivity contribution < 1.29 is 9.84 Å². The van der Waals surface area contributed by atoms with Crippen LogP contribution < -0.4 is 4.74 Å². The summed E-state index contributed by atoms with van der Waals surface area (Å²) < 4.78 is 5.37. The van der Waals surface area contributed by atoms with Gasteiger partial charge in [0.15, 0.2) is 0 Å². The van der Waals surface area contributed by atoms with Gasteiger partial charge < -0.3 is 9.84 Å². The Morgan fingerprint density at radius 1 is 1.64 bits per heavy atom. The molecule has 1 N–H and O–H groups in total. The zero-order valence-electron chi connectivity index (χ0n) is 8.03. The summed E-state index contributed by atoms with van der Waals surface area (Å²) in [4.78, 5) is 0. The molecule has 0 saturated carbocycles. The van der Waals surface area contributed by atoms with E-state index >= 15 is 0 Å². The Bertz CT molecular complexity index is 321. The van der Waals surface area contributed by atoms with Crippen molar-refractivity contribution in [3.8, 4) is 5.75 Å². The maximum Gasteiger partial charge on any atom is 0.144 e. The second-order valence-corrected chi connectivity index (χ2v) is 3.34. The molecule has 1 aromatic carbocycles. The van der Waals surface area contributed by atoms with Crippen molar-refractivity contribution in [3.63, 3.8) is 0 Å². The predicted octanol–water partition coefficient (Wildman–Crippen LogP) is 2.96. The molecule has 0 radical (unpaired) electrons. The average Bonchev–Trinajstić information content (AvgIpc) is 2.15. The van der Waals surface area contributed by atoms with Crippen LogP contribution in [0.15, 0.2) is 30.9 Å². The quantitative estimate of drug-likeness (QED) is 0.778. The second-order valence-electron chi connectivity index (χ2n) is 2.93. The van der Waals surface area contributed by atoms with E-state index in [-0.39, 0.29) is 0 Å². The minimum absolute atomic E-state index is 0.378. The molecule has 0 fully saturated rings. The summed E-state index contributed by atoms with van der Waals surface area (Å²) in [5, 5.41) is 9.97. The van der Waals surface area contributed by atoms with Crippen LogP contribution in [0, 0.1) is 0 Å². The van der Waals surface area contributed by atoms with E-state index in [1.165, 1.54) is 0 Å². The number of aliphatic hydroxyl groups excluding tert-OH is 1. The van der Waals surface area contributed by atoms with Crippen LogP contribution in [0.2, 0.25) is 5.02 Å². The van der Waals surface area contributed by atoms with Crippen LogP contribution in [-0.2, 0) is 0 Å². The fourth-order valence-electron chi connectivity index (χ4n) is 1.15. The number of hydrogen-bond donors (Lipinski definition) is 1. The molecule has 1 rings (SSSR count). The number of para-hydroxylation sites is 1. The van der Waals surface area contributed by atoms with Gasteiger partial charge in [0.05, 0.1) is 11.1 Å². The zero-order valence-corrected chi connectivity index (χ0v) is 8.79. The van der Waals surface area contributed by atoms with Gasteiger partial charge in [-0.2, -0.15) is 0 Å². The molecule has 14 heavy (non-hydrogen) atoms. The largest absolute Gasteiger partial charge is 0.488 e. The van der Waals surface area contributed by atoms with Gasteiger partial charge in [0.2, 0.25) is 0 Å². The molecule has 0 spiro atoms. The molecule has 3 heteroatoms. The van der Waals surface area contributed by atoms with E-state index in [0.717, 1.165) is 0 Å². The molecule has 0 heterocycles. The maximum absolute atomic E-state index is 9.46. The van der Waals surface area contributed by atoms with Crippen molar-refractivity contribution in [2.75, 3.05) is 6.61 Å². The fourth-order valence-corrected chi connectivity index (χ4v) is 1.39. The van der Waals surface area contributed by atoms with Crippen LogP contribution in [0.5, 0.6) is 5.75 Å². The van der Waals surface area contributed by atoms with Gasteiger partial charge >= 0.3 is 0 Å². The molecule has 0 bridgehead atoms. The number of ether oxygens (including phenoxy) is 1. The van der Waals surface area contributed by atoms with Crippen molar-refractivity contribution >= 4 is 11.6 Å². The Morgan fingerprint density at radius 3 is 2.93 bits per heavy atom. The maximum atomic E-state index is 9.46. The minimum Gasteiger partial charge on any atom is -0.488 e. The SMILES string of the molecule is C=CCOc1c(Cl)cccc1C(C)O. The van der Waals surface area contributed by atoms with Crippen LogP contribution in [0.25, 0.3) is 0 Å². The summed E-state index contributed by atoms with van der Waals surface area (Å²) in [5.74, 6) is 0.532. The first-order valence-corrected chi connectivity index (χ1v) is 4.74. The number of benzene rings is 1. The van der Waals surface area contributed by atoms with Crippen molar-refractivity contribution in [1.29, 1.82) is 0 Å². The summed E-state index contributed by atoms with van der Waals surface area (Å²) in [7, 11) is 0. The van der Waals surface area contributed by atoms with E-state index in [0.29, 0.717) is 22.9 Å². The Morgan fingerprint density at radius 2 is 2.36 bits per heavy atom. The molecule has 2 nitrogen and oxygen atoms in total. The van der Waals surface area contributed by atoms with E-state index < -0.39 is 6.10 Å². The molecular weight excluding hydrogens is 200 g/mol. The third-order valence-corrected chi connectivity index (χ3v) is 2.09. The molecule has 0 aliphatic rings. The summed E-state index contributed by atoms with van der Waals surface area (Å²) in [5.41, 5.74) is 0.694. The van der Waals surface area contributed by atoms with E-state index in [1.807, 2.05) is 0 Å². The molecule has 0 saturated heterocycles. The Kier molecular flexibility index (Phi) is 3.98. The van der Waals surface area contributed by atoms with Crippen LogP contribution in [-0.4, -0.2) is 11.7 Å². The summed E-state index contributed by atoms with van der Waals surface area (Å²) >= 11 is 5.94. The van der Waals surface area contributed by atoms with Crippen LogP contribution >= 0.6 is 11.6 Å². The molecule has 1 unspecified atom stereocenters. The molecule has 76 valence electrons. The van der Waals surface area contributed by atoms with Crippen molar-refractivity contribution in [1.82, 2.24) is 0 Å². The van der Waals surface area contributed by atoms with E-state index in [1.54, 1.807) is 31.2 Å². The topological polar surface area (TPSA) is 29.5 Å². The molecule has 0 aliphatic carbocycles. The van der Waals surface area contributed by atoms with Gasteiger partial charge in [-0.25, -0.2) is 0 Å². The lowest BCUT2D eigenvalue weighted by Crippen LogP contribution is -2.00. The number of halogens is 1. The number of hydrogen-bond acceptors (Lipinski definition) is 2. The lowest BCUT2D eigenvalue weighted by molar-refractivity contribution is 0.193. The molecule has 0 amide bonds. The van der Waals surface area contributed by atoms with E-state index in [9.17, 15) is 5.11 Å². The van der Waals surface area contributed by atoms with Gasteiger partial charge in [-0.1, -0.05) is 36.4 Å². The standard InChI is InChI=1S/C11H13ClO2/c1-3-7-14-11-9(8(2)13)5-4-6-10(11)12/h3-6,8,13H,1,7H2,2H3. The highest BCUT2D eigenvalue weighted by Crippen LogP contribution is 2.32. The Labute approximate surface area is 88.8 Å². The highest BCUT2D eigenvalue weighted by molar-refractivity contribution is 6.32. The first-order chi connectivity index (χ1) is 6.66. The second kappa shape index (κ2) is 5.03. The molecule has 0 aliphatic heterocycles. The third-order valence-electron chi connectivity index (χ3n) is 1.79. The minimum atomic E-state index is -0.589. The first-order valence-electron chi connectivity index (χ1n) is 4.37. The Hall–Kier alpha value is -0.990. The third kappa shape index (κ3) is 2.50. The Balaban J connectivity index is 3.02. The number of rotatable bonds is 4. The van der Waals surface area contributed by atoms with Crippen molar-refractivity contribution in [3.05, 3.63) is 41.4 Å². The highest BCUT2D eigenvalue weighted by atomic mass is 35.5. The van der Waals surface area contributed by atoms with Crippen molar-refractivity contribution in [2.24, 2.45) is 0 Å². The van der Waals surface area contributed by atoms with Gasteiger partial charge in [-0.3, -0.25) is 0 Å². The van der Waals surface area contributed by atoms with Crippen LogP contribution in [0.3, 0.4) is 0 Å². The number of aliphatic hydroxyl groups is 1. The summed E-state index contributed by atoms with van der Waals surface area (Å²) in [6.07, 6.45) is 1.04.